The molecule has 4 nitrogen and oxygen atoms in total. The topological polar surface area (TPSA) is 58.7 Å². The van der Waals surface area contributed by atoms with Gasteiger partial charge in [0.05, 0.1) is 17.1 Å². The van der Waals surface area contributed by atoms with E-state index in [-0.39, 0.29) is 11.2 Å². The van der Waals surface area contributed by atoms with E-state index in [2.05, 4.69) is 31.8 Å². The number of hydrogen-bond donors (Lipinski definition) is 0. The second-order valence-electron chi connectivity index (χ2n) is 7.27. The third-order valence-electron chi connectivity index (χ3n) is 4.51. The molecule has 0 amide bonds. The van der Waals surface area contributed by atoms with Gasteiger partial charge in [0.1, 0.15) is 5.82 Å². The van der Waals surface area contributed by atoms with Crippen LogP contribution in [0.3, 0.4) is 0 Å². The van der Waals surface area contributed by atoms with E-state index in [1.807, 2.05) is 48.0 Å². The van der Waals surface area contributed by atoms with Gasteiger partial charge >= 0.3 is 0 Å². The van der Waals surface area contributed by atoms with Crippen LogP contribution in [0.5, 0.6) is 0 Å². The lowest BCUT2D eigenvalue weighted by molar-refractivity contribution is 0.0975. The van der Waals surface area contributed by atoms with Crippen molar-refractivity contribution in [1.29, 1.82) is 5.26 Å². The third-order valence-corrected chi connectivity index (χ3v) is 4.51. The maximum Gasteiger partial charge on any atom is 0.187 e. The van der Waals surface area contributed by atoms with Crippen LogP contribution in [-0.2, 0) is 12.5 Å². The van der Waals surface area contributed by atoms with Gasteiger partial charge in [-0.15, -0.1) is 0 Å². The molecule has 126 valence electrons. The van der Waals surface area contributed by atoms with Crippen molar-refractivity contribution in [3.63, 3.8) is 0 Å². The molecule has 0 radical (unpaired) electrons. The lowest BCUT2D eigenvalue weighted by atomic mass is 9.86. The number of rotatable bonds is 3. The Morgan fingerprint density at radius 2 is 1.76 bits per heavy atom. The summed E-state index contributed by atoms with van der Waals surface area (Å²) < 4.78 is 1.82. The Kier molecular flexibility index (Phi) is 4.18. The van der Waals surface area contributed by atoms with Crippen molar-refractivity contribution in [2.24, 2.45) is 7.05 Å². The van der Waals surface area contributed by atoms with E-state index < -0.39 is 5.92 Å². The highest BCUT2D eigenvalue weighted by atomic mass is 16.1. The van der Waals surface area contributed by atoms with Crippen LogP contribution in [0.25, 0.3) is 11.0 Å². The Bertz CT molecular complexity index is 969. The molecule has 0 spiro atoms. The number of imidazole rings is 1. The van der Waals surface area contributed by atoms with Crippen molar-refractivity contribution in [3.8, 4) is 6.07 Å². The summed E-state index contributed by atoms with van der Waals surface area (Å²) in [5, 5.41) is 9.62. The van der Waals surface area contributed by atoms with Gasteiger partial charge in [-0.05, 0) is 23.1 Å². The summed E-state index contributed by atoms with van der Waals surface area (Å²) in [6.07, 6.45) is 0. The van der Waals surface area contributed by atoms with Gasteiger partial charge in [0.2, 0.25) is 0 Å². The Labute approximate surface area is 147 Å². The van der Waals surface area contributed by atoms with Crippen molar-refractivity contribution >= 4 is 16.8 Å². The molecule has 0 fully saturated rings. The first kappa shape index (κ1) is 16.9. The highest BCUT2D eigenvalue weighted by Crippen LogP contribution is 2.26. The fourth-order valence-electron chi connectivity index (χ4n) is 2.96. The van der Waals surface area contributed by atoms with Gasteiger partial charge in [-0.2, -0.15) is 5.26 Å². The van der Waals surface area contributed by atoms with Crippen LogP contribution in [0, 0.1) is 11.3 Å². The average Bonchev–Trinajstić information content (AvgIpc) is 2.92. The van der Waals surface area contributed by atoms with Crippen LogP contribution in [0.2, 0.25) is 0 Å². The number of carbonyl (C=O) groups excluding carboxylic acids is 1. The molecule has 4 heteroatoms. The molecule has 0 saturated carbocycles. The first-order chi connectivity index (χ1) is 11.8. The molecule has 1 unspecified atom stereocenters. The lowest BCUT2D eigenvalue weighted by Crippen LogP contribution is -2.16. The fraction of sp³-hybridized carbons (Fsp3) is 0.286. The van der Waals surface area contributed by atoms with E-state index in [9.17, 15) is 10.1 Å². The zero-order chi connectivity index (χ0) is 18.2. The molecule has 2 aromatic carbocycles. The summed E-state index contributed by atoms with van der Waals surface area (Å²) in [6, 6.07) is 17.3. The number of nitrogens with zero attached hydrogens (tertiary/aromatic N) is 3. The van der Waals surface area contributed by atoms with E-state index in [1.165, 1.54) is 0 Å². The number of ketones is 1. The number of nitriles is 1. The van der Waals surface area contributed by atoms with Crippen molar-refractivity contribution in [3.05, 3.63) is 65.5 Å². The molecule has 0 aliphatic carbocycles. The van der Waals surface area contributed by atoms with E-state index in [0.717, 1.165) is 16.6 Å². The van der Waals surface area contributed by atoms with Crippen LogP contribution in [0.4, 0.5) is 0 Å². The molecule has 25 heavy (non-hydrogen) atoms. The molecular formula is C21H21N3O. The number of benzene rings is 2. The number of aromatic nitrogens is 2. The molecule has 0 aliphatic rings. The van der Waals surface area contributed by atoms with Crippen LogP contribution in [-0.4, -0.2) is 15.3 Å². The SMILES string of the molecule is Cn1c(C(C#N)C(=O)c2ccc(C(C)(C)C)cc2)nc2ccccc21. The first-order valence-electron chi connectivity index (χ1n) is 8.28. The monoisotopic (exact) mass is 331 g/mol. The van der Waals surface area contributed by atoms with Crippen molar-refractivity contribution in [1.82, 2.24) is 9.55 Å². The summed E-state index contributed by atoms with van der Waals surface area (Å²) in [7, 11) is 1.84. The number of fused-ring (bicyclic) bond motifs is 1. The summed E-state index contributed by atoms with van der Waals surface area (Å²) in [4.78, 5) is 17.4. The minimum atomic E-state index is -0.919. The zero-order valence-corrected chi connectivity index (χ0v) is 14.9. The molecule has 0 aliphatic heterocycles. The maximum atomic E-state index is 12.9. The number of hydrogen-bond acceptors (Lipinski definition) is 3. The van der Waals surface area contributed by atoms with Crippen molar-refractivity contribution in [2.75, 3.05) is 0 Å². The predicted octanol–water partition coefficient (Wildman–Crippen LogP) is 4.36. The summed E-state index contributed by atoms with van der Waals surface area (Å²) in [5.74, 6) is -0.659. The van der Waals surface area contributed by atoms with Crippen LogP contribution >= 0.6 is 0 Å². The minimum absolute atomic E-state index is 0.0214. The largest absolute Gasteiger partial charge is 0.330 e. The smallest absolute Gasteiger partial charge is 0.187 e. The Hall–Kier alpha value is -2.93. The molecule has 1 heterocycles. The van der Waals surface area contributed by atoms with E-state index >= 15 is 0 Å². The molecule has 0 N–H and O–H groups in total. The molecule has 3 rings (SSSR count). The predicted molar refractivity (Wildman–Crippen MR) is 98.5 cm³/mol. The van der Waals surface area contributed by atoms with Crippen molar-refractivity contribution < 1.29 is 4.79 Å². The van der Waals surface area contributed by atoms with Crippen LogP contribution < -0.4 is 0 Å². The molecule has 0 saturated heterocycles. The van der Waals surface area contributed by atoms with Crippen LogP contribution in [0.1, 0.15) is 48.4 Å². The highest BCUT2D eigenvalue weighted by molar-refractivity contribution is 6.02. The maximum absolute atomic E-state index is 12.9. The molecule has 1 atom stereocenters. The van der Waals surface area contributed by atoms with Gasteiger partial charge in [-0.1, -0.05) is 57.2 Å². The number of aryl methyl sites for hydroxylation is 1. The molecule has 3 aromatic rings. The quantitative estimate of drug-likeness (QED) is 0.670. The summed E-state index contributed by atoms with van der Waals surface area (Å²) in [5.41, 5.74) is 3.41. The normalized spacial score (nSPS) is 12.8. The average molecular weight is 331 g/mol. The molecule has 1 aromatic heterocycles. The van der Waals surface area contributed by atoms with Crippen LogP contribution in [0.15, 0.2) is 48.5 Å². The van der Waals surface area contributed by atoms with Gasteiger partial charge in [0.25, 0.3) is 0 Å². The Balaban J connectivity index is 1.99. The fourth-order valence-corrected chi connectivity index (χ4v) is 2.96. The Morgan fingerprint density at radius 1 is 1.12 bits per heavy atom. The third kappa shape index (κ3) is 3.06. The standard InChI is InChI=1S/C21H21N3O/c1-21(2,3)15-11-9-14(10-12-15)19(25)16(13-22)20-23-17-7-5-6-8-18(17)24(20)4/h5-12,16H,1-4H3. The van der Waals surface area contributed by atoms with Gasteiger partial charge in [-0.25, -0.2) is 4.98 Å². The number of Topliss-reactive ketones (excluding diaryl/α,β-unsaturated/α-hetero) is 1. The first-order valence-corrected chi connectivity index (χ1v) is 8.28. The van der Waals surface area contributed by atoms with E-state index in [1.54, 1.807) is 12.1 Å². The van der Waals surface area contributed by atoms with Gasteiger partial charge in [0.15, 0.2) is 11.7 Å². The number of carbonyl (C=O) groups is 1. The zero-order valence-electron chi connectivity index (χ0n) is 14.9. The Morgan fingerprint density at radius 3 is 2.32 bits per heavy atom. The molecule has 0 bridgehead atoms. The summed E-state index contributed by atoms with van der Waals surface area (Å²) >= 11 is 0. The molecular weight excluding hydrogens is 310 g/mol. The van der Waals surface area contributed by atoms with Crippen molar-refractivity contribution in [2.45, 2.75) is 32.1 Å². The minimum Gasteiger partial charge on any atom is -0.330 e. The summed E-state index contributed by atoms with van der Waals surface area (Å²) in [6.45, 7) is 6.38. The van der Waals surface area contributed by atoms with E-state index in [4.69, 9.17) is 0 Å². The van der Waals surface area contributed by atoms with Gasteiger partial charge in [-0.3, -0.25) is 4.79 Å². The van der Waals surface area contributed by atoms with Gasteiger partial charge in [0, 0.05) is 12.6 Å². The lowest BCUT2D eigenvalue weighted by Gasteiger charge is -2.19. The van der Waals surface area contributed by atoms with Gasteiger partial charge < -0.3 is 4.57 Å². The second kappa shape index (κ2) is 6.18. The second-order valence-corrected chi connectivity index (χ2v) is 7.27. The van der Waals surface area contributed by atoms with E-state index in [0.29, 0.717) is 11.4 Å². The number of para-hydroxylation sites is 2. The highest BCUT2D eigenvalue weighted by Gasteiger charge is 2.27.